The summed E-state index contributed by atoms with van der Waals surface area (Å²) in [5, 5.41) is 9.43. The average Bonchev–Trinajstić information content (AvgIpc) is 3.06. The number of hydrogen-bond donors (Lipinski definition) is 1. The van der Waals surface area contributed by atoms with Crippen LogP contribution in [-0.2, 0) is 13.0 Å². The second kappa shape index (κ2) is 8.28. The highest BCUT2D eigenvalue weighted by molar-refractivity contribution is 5.89. The quantitative estimate of drug-likeness (QED) is 0.653. The molecule has 2 heterocycles. The first-order valence-corrected chi connectivity index (χ1v) is 10.2. The van der Waals surface area contributed by atoms with Crippen molar-refractivity contribution in [2.24, 2.45) is 0 Å². The molecule has 4 rings (SSSR count). The molecule has 3 aromatic rings. The lowest BCUT2D eigenvalue weighted by atomic mass is 9.94. The van der Waals surface area contributed by atoms with E-state index in [2.05, 4.69) is 78.4 Å². The van der Waals surface area contributed by atoms with Gasteiger partial charge in [0.05, 0.1) is 5.56 Å². The van der Waals surface area contributed by atoms with Gasteiger partial charge < -0.3 is 10.0 Å². The van der Waals surface area contributed by atoms with Crippen molar-refractivity contribution in [3.8, 4) is 11.1 Å². The fourth-order valence-electron chi connectivity index (χ4n) is 4.46. The molecule has 0 radical (unpaired) electrons. The fraction of sp³-hybridized carbons (Fsp3) is 0.280. The molecule has 2 aromatic carbocycles. The van der Waals surface area contributed by atoms with E-state index < -0.39 is 5.97 Å². The fourth-order valence-corrected chi connectivity index (χ4v) is 4.46. The molecular formula is C25H27N3O2. The molecule has 0 saturated carbocycles. The number of nitrogens with zero attached hydrogens (tertiary/aromatic N) is 3. The van der Waals surface area contributed by atoms with Gasteiger partial charge >= 0.3 is 5.97 Å². The second-order valence-electron chi connectivity index (χ2n) is 8.13. The van der Waals surface area contributed by atoms with Gasteiger partial charge in [0.15, 0.2) is 0 Å². The summed E-state index contributed by atoms with van der Waals surface area (Å²) in [6, 6.07) is 17.1. The predicted molar refractivity (Wildman–Crippen MR) is 120 cm³/mol. The van der Waals surface area contributed by atoms with Crippen LogP contribution in [0.5, 0.6) is 0 Å². The molecule has 0 fully saturated rings. The summed E-state index contributed by atoms with van der Waals surface area (Å²) < 4.78 is 0. The number of carbonyl (C=O) groups is 1. The van der Waals surface area contributed by atoms with E-state index in [1.54, 1.807) is 12.3 Å². The third kappa shape index (κ3) is 3.81. The molecule has 1 N–H and O–H groups in total. The minimum Gasteiger partial charge on any atom is -0.478 e. The Morgan fingerprint density at radius 2 is 2.00 bits per heavy atom. The van der Waals surface area contributed by atoms with Gasteiger partial charge in [-0.2, -0.15) is 0 Å². The van der Waals surface area contributed by atoms with Crippen molar-refractivity contribution in [3.05, 3.63) is 83.2 Å². The number of benzene rings is 2. The maximum atomic E-state index is 11.5. The van der Waals surface area contributed by atoms with Crippen LogP contribution in [0.4, 0.5) is 5.69 Å². The minimum atomic E-state index is -0.892. The van der Waals surface area contributed by atoms with Crippen molar-refractivity contribution >= 4 is 11.7 Å². The lowest BCUT2D eigenvalue weighted by Gasteiger charge is -2.21. The third-order valence-electron chi connectivity index (χ3n) is 5.97. The van der Waals surface area contributed by atoms with Gasteiger partial charge in [-0.3, -0.25) is 9.88 Å². The summed E-state index contributed by atoms with van der Waals surface area (Å²) in [6.07, 6.45) is 4.77. The molecule has 1 aliphatic heterocycles. The number of hydrogen-bond acceptors (Lipinski definition) is 4. The first-order chi connectivity index (χ1) is 14.5. The van der Waals surface area contributed by atoms with Crippen molar-refractivity contribution in [1.29, 1.82) is 0 Å². The Morgan fingerprint density at radius 1 is 1.20 bits per heavy atom. The number of carboxylic acid groups (broad SMARTS) is 1. The highest BCUT2D eigenvalue weighted by Gasteiger charge is 2.28. The zero-order chi connectivity index (χ0) is 21.3. The smallest absolute Gasteiger partial charge is 0.336 e. The van der Waals surface area contributed by atoms with Crippen LogP contribution in [0.3, 0.4) is 0 Å². The van der Waals surface area contributed by atoms with E-state index in [9.17, 15) is 9.90 Å². The summed E-state index contributed by atoms with van der Waals surface area (Å²) in [4.78, 5) is 20.1. The van der Waals surface area contributed by atoms with Crippen LogP contribution in [0, 0.1) is 0 Å². The number of fused-ring (bicyclic) bond motifs is 1. The standard InChI is InChI=1S/C25H27N3O2/c1-27(2)23-7-5-4-6-20(23)17-8-10-21-19(14-17)16-28(3)24(21)11-9-18-15-26-13-12-22(18)25(29)30/h4-8,10,12-15,24H,9,11,16H2,1-3H3,(H,29,30)/t24-/m1/s1. The lowest BCUT2D eigenvalue weighted by Crippen LogP contribution is -2.17. The zero-order valence-corrected chi connectivity index (χ0v) is 17.7. The topological polar surface area (TPSA) is 56.7 Å². The van der Waals surface area contributed by atoms with Gasteiger partial charge in [-0.15, -0.1) is 0 Å². The molecule has 0 aliphatic carbocycles. The predicted octanol–water partition coefficient (Wildman–Crippen LogP) is 4.63. The zero-order valence-electron chi connectivity index (χ0n) is 17.7. The van der Waals surface area contributed by atoms with Crippen molar-refractivity contribution in [1.82, 2.24) is 9.88 Å². The Bertz CT molecular complexity index is 1080. The monoisotopic (exact) mass is 401 g/mol. The summed E-state index contributed by atoms with van der Waals surface area (Å²) >= 11 is 0. The van der Waals surface area contributed by atoms with Gasteiger partial charge in [0.1, 0.15) is 0 Å². The van der Waals surface area contributed by atoms with Crippen molar-refractivity contribution < 1.29 is 9.90 Å². The molecule has 1 aliphatic rings. The van der Waals surface area contributed by atoms with Crippen molar-refractivity contribution in [3.63, 3.8) is 0 Å². The molecular weight excluding hydrogens is 374 g/mol. The van der Waals surface area contributed by atoms with Crippen LogP contribution < -0.4 is 4.90 Å². The molecule has 0 unspecified atom stereocenters. The molecule has 1 aromatic heterocycles. The van der Waals surface area contributed by atoms with Crippen LogP contribution >= 0.6 is 0 Å². The molecule has 0 saturated heterocycles. The van der Waals surface area contributed by atoms with Crippen LogP contribution in [0.25, 0.3) is 11.1 Å². The molecule has 30 heavy (non-hydrogen) atoms. The van der Waals surface area contributed by atoms with E-state index >= 15 is 0 Å². The number of para-hydroxylation sites is 1. The second-order valence-corrected chi connectivity index (χ2v) is 8.13. The Hall–Kier alpha value is -3.18. The molecule has 5 nitrogen and oxygen atoms in total. The molecule has 154 valence electrons. The van der Waals surface area contributed by atoms with E-state index in [1.165, 1.54) is 34.1 Å². The number of rotatable bonds is 6. The van der Waals surface area contributed by atoms with Crippen LogP contribution in [0.15, 0.2) is 60.9 Å². The number of pyridine rings is 1. The first-order valence-electron chi connectivity index (χ1n) is 10.2. The van der Waals surface area contributed by atoms with Crippen LogP contribution in [-0.4, -0.2) is 42.1 Å². The number of anilines is 1. The maximum Gasteiger partial charge on any atom is 0.336 e. The number of aromatic carboxylic acids is 1. The van der Waals surface area contributed by atoms with Gasteiger partial charge in [-0.05, 0) is 60.3 Å². The van der Waals surface area contributed by atoms with Crippen LogP contribution in [0.1, 0.15) is 39.5 Å². The number of aromatic nitrogens is 1. The molecule has 0 amide bonds. The normalized spacial score (nSPS) is 15.8. The number of aryl methyl sites for hydroxylation is 1. The van der Waals surface area contributed by atoms with Gasteiger partial charge in [0.2, 0.25) is 0 Å². The Labute approximate surface area is 177 Å². The molecule has 5 heteroatoms. The maximum absolute atomic E-state index is 11.5. The van der Waals surface area contributed by atoms with Gasteiger partial charge in [-0.25, -0.2) is 4.79 Å². The largest absolute Gasteiger partial charge is 0.478 e. The Kier molecular flexibility index (Phi) is 5.55. The third-order valence-corrected chi connectivity index (χ3v) is 5.97. The molecule has 1 atom stereocenters. The summed E-state index contributed by atoms with van der Waals surface area (Å²) in [5.41, 5.74) is 7.50. The summed E-state index contributed by atoms with van der Waals surface area (Å²) in [7, 11) is 6.28. The van der Waals surface area contributed by atoms with E-state index in [4.69, 9.17) is 0 Å². The Balaban J connectivity index is 1.59. The van der Waals surface area contributed by atoms with E-state index in [0.29, 0.717) is 12.0 Å². The average molecular weight is 402 g/mol. The van der Waals surface area contributed by atoms with Gasteiger partial charge in [0.25, 0.3) is 0 Å². The first kappa shape index (κ1) is 20.1. The van der Waals surface area contributed by atoms with Crippen molar-refractivity contribution in [2.75, 3.05) is 26.0 Å². The Morgan fingerprint density at radius 3 is 2.77 bits per heavy atom. The molecule has 0 bridgehead atoms. The SMILES string of the molecule is CN(C)c1ccccc1-c1ccc2c(c1)CN(C)[C@@H]2CCc1cnccc1C(=O)O. The highest BCUT2D eigenvalue weighted by atomic mass is 16.4. The summed E-state index contributed by atoms with van der Waals surface area (Å²) in [6.45, 7) is 0.900. The molecule has 0 spiro atoms. The van der Waals surface area contributed by atoms with E-state index in [-0.39, 0.29) is 6.04 Å². The number of carboxylic acids is 1. The van der Waals surface area contributed by atoms with E-state index in [1.807, 2.05) is 0 Å². The van der Waals surface area contributed by atoms with Crippen molar-refractivity contribution in [2.45, 2.75) is 25.4 Å². The van der Waals surface area contributed by atoms with Crippen LogP contribution in [0.2, 0.25) is 0 Å². The van der Waals surface area contributed by atoms with Gasteiger partial charge in [0, 0.05) is 50.3 Å². The minimum absolute atomic E-state index is 0.278. The lowest BCUT2D eigenvalue weighted by molar-refractivity contribution is 0.0695. The van der Waals surface area contributed by atoms with Gasteiger partial charge in [-0.1, -0.05) is 30.3 Å². The van der Waals surface area contributed by atoms with E-state index in [0.717, 1.165) is 18.5 Å². The summed E-state index contributed by atoms with van der Waals surface area (Å²) in [5.74, 6) is -0.892. The highest BCUT2D eigenvalue weighted by Crippen LogP contribution is 2.39.